The van der Waals surface area contributed by atoms with Crippen LogP contribution in [0.2, 0.25) is 0 Å². The molecule has 1 aliphatic heterocycles. The van der Waals surface area contributed by atoms with E-state index < -0.39 is 5.60 Å². The van der Waals surface area contributed by atoms with Crippen molar-refractivity contribution in [3.05, 3.63) is 35.9 Å². The summed E-state index contributed by atoms with van der Waals surface area (Å²) >= 11 is 0. The third-order valence-electron chi connectivity index (χ3n) is 4.57. The highest BCUT2D eigenvalue weighted by molar-refractivity contribution is 5.24. The van der Waals surface area contributed by atoms with E-state index in [2.05, 4.69) is 31.3 Å². The van der Waals surface area contributed by atoms with Crippen molar-refractivity contribution in [3.8, 4) is 0 Å². The van der Waals surface area contributed by atoms with Gasteiger partial charge in [0, 0.05) is 6.04 Å². The van der Waals surface area contributed by atoms with Crippen LogP contribution < -0.4 is 5.32 Å². The van der Waals surface area contributed by atoms with E-state index in [9.17, 15) is 5.11 Å². The normalized spacial score (nSPS) is 26.9. The standard InChI is InChI=1S/C17H27NO/c1-3-11-17(19,15-8-6-5-7-9-15)16-13-14(4-2)10-12-18-16/h5-9,14,16,18-19H,3-4,10-13H2,1-2H3. The molecule has 0 amide bonds. The Bertz CT molecular complexity index is 378. The number of hydrogen-bond acceptors (Lipinski definition) is 2. The third-order valence-corrected chi connectivity index (χ3v) is 4.57. The van der Waals surface area contributed by atoms with Gasteiger partial charge < -0.3 is 10.4 Å². The number of piperidine rings is 1. The molecular weight excluding hydrogens is 234 g/mol. The molecular formula is C17H27NO. The van der Waals surface area contributed by atoms with Crippen LogP contribution in [0.3, 0.4) is 0 Å². The van der Waals surface area contributed by atoms with Crippen molar-refractivity contribution in [1.82, 2.24) is 5.32 Å². The van der Waals surface area contributed by atoms with Gasteiger partial charge in [-0.2, -0.15) is 0 Å². The van der Waals surface area contributed by atoms with Gasteiger partial charge in [0.05, 0.1) is 0 Å². The molecule has 1 aromatic rings. The van der Waals surface area contributed by atoms with Crippen LogP contribution in [-0.2, 0) is 5.60 Å². The van der Waals surface area contributed by atoms with Crippen molar-refractivity contribution in [1.29, 1.82) is 0 Å². The lowest BCUT2D eigenvalue weighted by Gasteiger charge is -2.42. The Balaban J connectivity index is 2.23. The van der Waals surface area contributed by atoms with E-state index in [1.54, 1.807) is 0 Å². The summed E-state index contributed by atoms with van der Waals surface area (Å²) in [5.74, 6) is 0.748. The van der Waals surface area contributed by atoms with Crippen LogP contribution in [0.4, 0.5) is 0 Å². The first kappa shape index (κ1) is 14.5. The van der Waals surface area contributed by atoms with Gasteiger partial charge in [0.1, 0.15) is 5.60 Å². The first-order chi connectivity index (χ1) is 9.20. The molecule has 0 bridgehead atoms. The van der Waals surface area contributed by atoms with Gasteiger partial charge >= 0.3 is 0 Å². The first-order valence-electron chi connectivity index (χ1n) is 7.72. The maximum Gasteiger partial charge on any atom is 0.105 e. The fourth-order valence-corrected chi connectivity index (χ4v) is 3.36. The van der Waals surface area contributed by atoms with Crippen LogP contribution in [-0.4, -0.2) is 17.7 Å². The quantitative estimate of drug-likeness (QED) is 0.851. The number of benzene rings is 1. The highest BCUT2D eigenvalue weighted by Crippen LogP contribution is 2.36. The molecule has 0 aliphatic carbocycles. The molecule has 19 heavy (non-hydrogen) atoms. The molecule has 3 unspecified atom stereocenters. The number of aliphatic hydroxyl groups is 1. The molecule has 0 saturated carbocycles. The van der Waals surface area contributed by atoms with Crippen molar-refractivity contribution in [2.24, 2.45) is 5.92 Å². The summed E-state index contributed by atoms with van der Waals surface area (Å²) in [6, 6.07) is 10.4. The number of rotatable bonds is 5. The van der Waals surface area contributed by atoms with Gasteiger partial charge in [-0.1, -0.05) is 57.0 Å². The second kappa shape index (κ2) is 6.53. The van der Waals surface area contributed by atoms with Crippen molar-refractivity contribution in [3.63, 3.8) is 0 Å². The zero-order valence-electron chi connectivity index (χ0n) is 12.2. The summed E-state index contributed by atoms with van der Waals surface area (Å²) < 4.78 is 0. The predicted molar refractivity (Wildman–Crippen MR) is 80.1 cm³/mol. The Morgan fingerprint density at radius 3 is 2.63 bits per heavy atom. The SMILES string of the molecule is CCCC(O)(c1ccccc1)C1CC(CC)CCN1. The Kier molecular flexibility index (Phi) is 5.00. The number of nitrogens with one attached hydrogen (secondary N) is 1. The zero-order valence-corrected chi connectivity index (χ0v) is 12.2. The van der Waals surface area contributed by atoms with E-state index in [1.165, 1.54) is 12.8 Å². The second-order valence-corrected chi connectivity index (χ2v) is 5.85. The summed E-state index contributed by atoms with van der Waals surface area (Å²) in [5.41, 5.74) is 0.343. The van der Waals surface area contributed by atoms with E-state index in [1.807, 2.05) is 18.2 Å². The van der Waals surface area contributed by atoms with Crippen molar-refractivity contribution < 1.29 is 5.11 Å². The topological polar surface area (TPSA) is 32.3 Å². The average Bonchev–Trinajstić information content (AvgIpc) is 2.48. The molecule has 2 rings (SSSR count). The lowest BCUT2D eigenvalue weighted by Crippen LogP contribution is -2.52. The lowest BCUT2D eigenvalue weighted by atomic mass is 9.76. The first-order valence-corrected chi connectivity index (χ1v) is 7.72. The molecule has 3 atom stereocenters. The summed E-state index contributed by atoms with van der Waals surface area (Å²) in [4.78, 5) is 0. The van der Waals surface area contributed by atoms with E-state index in [0.29, 0.717) is 0 Å². The van der Waals surface area contributed by atoms with Crippen molar-refractivity contribution in [2.75, 3.05) is 6.54 Å². The molecule has 0 spiro atoms. The zero-order chi connectivity index (χ0) is 13.7. The largest absolute Gasteiger partial charge is 0.384 e. The van der Waals surface area contributed by atoms with E-state index in [4.69, 9.17) is 0 Å². The summed E-state index contributed by atoms with van der Waals surface area (Å²) in [7, 11) is 0. The second-order valence-electron chi connectivity index (χ2n) is 5.85. The predicted octanol–water partition coefficient (Wildman–Crippen LogP) is 3.45. The Hall–Kier alpha value is -0.860. The highest BCUT2D eigenvalue weighted by atomic mass is 16.3. The fourth-order valence-electron chi connectivity index (χ4n) is 3.36. The van der Waals surface area contributed by atoms with Gasteiger partial charge in [-0.3, -0.25) is 0 Å². The Morgan fingerprint density at radius 1 is 1.26 bits per heavy atom. The van der Waals surface area contributed by atoms with Crippen LogP contribution in [0, 0.1) is 5.92 Å². The minimum absolute atomic E-state index is 0.188. The van der Waals surface area contributed by atoms with Gasteiger partial charge in [0.15, 0.2) is 0 Å². The lowest BCUT2D eigenvalue weighted by molar-refractivity contribution is -0.0281. The number of hydrogen-bond donors (Lipinski definition) is 2. The summed E-state index contributed by atoms with van der Waals surface area (Å²) in [5, 5.41) is 14.8. The molecule has 1 aromatic carbocycles. The molecule has 1 heterocycles. The maximum atomic E-state index is 11.3. The van der Waals surface area contributed by atoms with Gasteiger partial charge in [0.25, 0.3) is 0 Å². The molecule has 2 N–H and O–H groups in total. The van der Waals surface area contributed by atoms with E-state index >= 15 is 0 Å². The molecule has 0 aromatic heterocycles. The third kappa shape index (κ3) is 3.18. The van der Waals surface area contributed by atoms with Crippen LogP contribution >= 0.6 is 0 Å². The molecule has 2 nitrogen and oxygen atoms in total. The van der Waals surface area contributed by atoms with Crippen LogP contribution in [0.15, 0.2) is 30.3 Å². The summed E-state index contributed by atoms with van der Waals surface area (Å²) in [6.45, 7) is 5.44. The molecule has 106 valence electrons. The summed E-state index contributed by atoms with van der Waals surface area (Å²) in [6.07, 6.45) is 5.37. The van der Waals surface area contributed by atoms with Crippen molar-refractivity contribution in [2.45, 2.75) is 57.6 Å². The molecule has 0 radical (unpaired) electrons. The monoisotopic (exact) mass is 261 g/mol. The van der Waals surface area contributed by atoms with Gasteiger partial charge in [0.2, 0.25) is 0 Å². The average molecular weight is 261 g/mol. The molecule has 1 aliphatic rings. The van der Waals surface area contributed by atoms with E-state index in [0.717, 1.165) is 37.3 Å². The van der Waals surface area contributed by atoms with Gasteiger partial charge in [-0.25, -0.2) is 0 Å². The van der Waals surface area contributed by atoms with Crippen LogP contribution in [0.1, 0.15) is 51.5 Å². The van der Waals surface area contributed by atoms with Crippen LogP contribution in [0.25, 0.3) is 0 Å². The molecule has 2 heteroatoms. The molecule has 1 fully saturated rings. The van der Waals surface area contributed by atoms with Crippen LogP contribution in [0.5, 0.6) is 0 Å². The molecule has 1 saturated heterocycles. The minimum atomic E-state index is -0.718. The fraction of sp³-hybridized carbons (Fsp3) is 0.647. The highest BCUT2D eigenvalue weighted by Gasteiger charge is 2.39. The maximum absolute atomic E-state index is 11.3. The van der Waals surface area contributed by atoms with Gasteiger partial charge in [-0.05, 0) is 37.3 Å². The smallest absolute Gasteiger partial charge is 0.105 e. The van der Waals surface area contributed by atoms with Gasteiger partial charge in [-0.15, -0.1) is 0 Å². The minimum Gasteiger partial charge on any atom is -0.384 e. The van der Waals surface area contributed by atoms with Crippen molar-refractivity contribution >= 4 is 0 Å². The Labute approximate surface area is 117 Å². The Morgan fingerprint density at radius 2 is 2.00 bits per heavy atom. The van der Waals surface area contributed by atoms with E-state index in [-0.39, 0.29) is 6.04 Å².